The molecule has 0 saturated carbocycles. The lowest BCUT2D eigenvalue weighted by Gasteiger charge is -2.22. The fourth-order valence-corrected chi connectivity index (χ4v) is 1.77. The lowest BCUT2D eigenvalue weighted by Crippen LogP contribution is -2.41. The average molecular weight is 245 g/mol. The summed E-state index contributed by atoms with van der Waals surface area (Å²) in [5, 5.41) is 24.8. The Kier molecular flexibility index (Phi) is 4.69. The quantitative estimate of drug-likeness (QED) is 0.714. The van der Waals surface area contributed by atoms with Crippen LogP contribution in [0.3, 0.4) is 0 Å². The second-order valence-electron chi connectivity index (χ2n) is 4.68. The zero-order valence-electron chi connectivity index (χ0n) is 10.1. The highest BCUT2D eigenvalue weighted by molar-refractivity contribution is 7.99. The molecule has 1 aromatic rings. The van der Waals surface area contributed by atoms with Crippen LogP contribution in [0.5, 0.6) is 0 Å². The first-order valence-electron chi connectivity index (χ1n) is 5.17. The smallest absolute Gasteiger partial charge is 0.209 e. The lowest BCUT2D eigenvalue weighted by molar-refractivity contribution is 0.183. The summed E-state index contributed by atoms with van der Waals surface area (Å²) in [7, 11) is 1.78. The Bertz CT molecular complexity index is 322. The Morgan fingerprint density at radius 3 is 2.69 bits per heavy atom. The summed E-state index contributed by atoms with van der Waals surface area (Å²) in [5.74, 6) is 0.581. The van der Waals surface area contributed by atoms with Gasteiger partial charge in [-0.3, -0.25) is 0 Å². The largest absolute Gasteiger partial charge is 0.391 e. The molecule has 0 saturated heterocycles. The maximum atomic E-state index is 9.74. The van der Waals surface area contributed by atoms with Crippen molar-refractivity contribution in [3.63, 3.8) is 0 Å². The van der Waals surface area contributed by atoms with Crippen LogP contribution < -0.4 is 5.32 Å². The normalized spacial score (nSPS) is 14.1. The van der Waals surface area contributed by atoms with Crippen LogP contribution in [-0.2, 0) is 7.05 Å². The number of aromatic nitrogens is 4. The van der Waals surface area contributed by atoms with Gasteiger partial charge in [-0.2, -0.15) is 0 Å². The van der Waals surface area contributed by atoms with E-state index < -0.39 is 6.10 Å². The number of aryl methyl sites for hydroxylation is 1. The Balaban J connectivity index is 2.25. The van der Waals surface area contributed by atoms with Crippen molar-refractivity contribution in [3.05, 3.63) is 0 Å². The van der Waals surface area contributed by atoms with Gasteiger partial charge in [0.2, 0.25) is 5.16 Å². The van der Waals surface area contributed by atoms with Gasteiger partial charge in [-0.1, -0.05) is 11.8 Å². The molecule has 1 rings (SSSR count). The van der Waals surface area contributed by atoms with Gasteiger partial charge in [0.15, 0.2) is 0 Å². The molecule has 2 N–H and O–H groups in total. The summed E-state index contributed by atoms with van der Waals surface area (Å²) in [6.07, 6.45) is -0.402. The summed E-state index contributed by atoms with van der Waals surface area (Å²) < 4.78 is 1.59. The van der Waals surface area contributed by atoms with Crippen LogP contribution in [0.15, 0.2) is 5.16 Å². The zero-order valence-corrected chi connectivity index (χ0v) is 11.0. The van der Waals surface area contributed by atoms with E-state index in [1.165, 1.54) is 11.8 Å². The first-order chi connectivity index (χ1) is 7.38. The van der Waals surface area contributed by atoms with Crippen molar-refractivity contribution < 1.29 is 5.11 Å². The predicted octanol–water partition coefficient (Wildman–Crippen LogP) is 0.0512. The number of thioether (sulfide) groups is 1. The molecule has 1 heterocycles. The van der Waals surface area contributed by atoms with Crippen LogP contribution in [0.4, 0.5) is 0 Å². The first-order valence-corrected chi connectivity index (χ1v) is 6.15. The first kappa shape index (κ1) is 13.4. The van der Waals surface area contributed by atoms with Gasteiger partial charge in [0.1, 0.15) is 0 Å². The van der Waals surface area contributed by atoms with Crippen molar-refractivity contribution in [2.75, 3.05) is 12.3 Å². The molecule has 1 atom stereocenters. The molecular formula is C9H19N5OS. The maximum absolute atomic E-state index is 9.74. The summed E-state index contributed by atoms with van der Waals surface area (Å²) in [4.78, 5) is 0. The zero-order chi connectivity index (χ0) is 12.2. The van der Waals surface area contributed by atoms with Crippen molar-refractivity contribution in [2.24, 2.45) is 7.05 Å². The van der Waals surface area contributed by atoms with E-state index in [-0.39, 0.29) is 5.54 Å². The fraction of sp³-hybridized carbons (Fsp3) is 0.889. The van der Waals surface area contributed by atoms with E-state index in [0.717, 1.165) is 5.16 Å². The highest BCUT2D eigenvalue weighted by Crippen LogP contribution is 2.13. The molecule has 0 aromatic carbocycles. The second kappa shape index (κ2) is 5.60. The molecule has 0 fully saturated rings. The molecule has 0 aliphatic heterocycles. The third-order valence-electron chi connectivity index (χ3n) is 1.85. The Hall–Kier alpha value is -0.660. The van der Waals surface area contributed by atoms with Gasteiger partial charge in [-0.05, 0) is 31.2 Å². The molecule has 7 heteroatoms. The van der Waals surface area contributed by atoms with Crippen molar-refractivity contribution >= 4 is 11.8 Å². The highest BCUT2D eigenvalue weighted by Gasteiger charge is 2.13. The number of hydrogen-bond acceptors (Lipinski definition) is 6. The second-order valence-corrected chi connectivity index (χ2v) is 5.67. The molecule has 0 bridgehead atoms. The molecule has 16 heavy (non-hydrogen) atoms. The minimum absolute atomic E-state index is 0.0258. The van der Waals surface area contributed by atoms with Crippen molar-refractivity contribution in [1.82, 2.24) is 25.5 Å². The van der Waals surface area contributed by atoms with Crippen LogP contribution in [0.2, 0.25) is 0 Å². The maximum Gasteiger partial charge on any atom is 0.209 e. The Morgan fingerprint density at radius 1 is 1.50 bits per heavy atom. The Morgan fingerprint density at radius 2 is 2.19 bits per heavy atom. The van der Waals surface area contributed by atoms with Gasteiger partial charge >= 0.3 is 0 Å². The molecule has 0 aliphatic carbocycles. The van der Waals surface area contributed by atoms with E-state index in [4.69, 9.17) is 0 Å². The molecule has 92 valence electrons. The number of nitrogens with zero attached hydrogens (tertiary/aromatic N) is 4. The number of tetrazole rings is 1. The van der Waals surface area contributed by atoms with Gasteiger partial charge in [0.05, 0.1) is 6.10 Å². The summed E-state index contributed by atoms with van der Waals surface area (Å²) in [6.45, 7) is 6.78. The van der Waals surface area contributed by atoms with Gasteiger partial charge in [-0.25, -0.2) is 4.68 Å². The summed E-state index contributed by atoms with van der Waals surface area (Å²) in [5.41, 5.74) is 0.0258. The van der Waals surface area contributed by atoms with Gasteiger partial charge in [0, 0.05) is 24.9 Å². The number of aliphatic hydroxyl groups is 1. The standard InChI is InChI=1S/C9H19N5OS/c1-9(2,3)10-5-7(15)6-16-8-11-12-13-14(8)4/h7,10,15H,5-6H2,1-4H3. The Labute approximate surface area is 99.8 Å². The van der Waals surface area contributed by atoms with E-state index in [1.807, 2.05) is 0 Å². The third-order valence-corrected chi connectivity index (χ3v) is 3.01. The van der Waals surface area contributed by atoms with Crippen molar-refractivity contribution in [1.29, 1.82) is 0 Å². The molecule has 0 amide bonds. The van der Waals surface area contributed by atoms with Crippen molar-refractivity contribution in [2.45, 2.75) is 37.6 Å². The molecule has 0 aliphatic rings. The monoisotopic (exact) mass is 245 g/mol. The van der Waals surface area contributed by atoms with Crippen LogP contribution in [0.1, 0.15) is 20.8 Å². The SMILES string of the molecule is Cn1nnnc1SCC(O)CNC(C)(C)C. The topological polar surface area (TPSA) is 75.9 Å². The summed E-state index contributed by atoms with van der Waals surface area (Å²) in [6, 6.07) is 0. The highest BCUT2D eigenvalue weighted by atomic mass is 32.2. The van der Waals surface area contributed by atoms with E-state index >= 15 is 0 Å². The van der Waals surface area contributed by atoms with Crippen LogP contribution in [-0.4, -0.2) is 49.3 Å². The molecule has 1 aromatic heterocycles. The number of nitrogens with one attached hydrogen (secondary N) is 1. The van der Waals surface area contributed by atoms with E-state index in [0.29, 0.717) is 12.3 Å². The molecule has 0 radical (unpaired) electrons. The number of hydrogen-bond donors (Lipinski definition) is 2. The minimum Gasteiger partial charge on any atom is -0.391 e. The van der Waals surface area contributed by atoms with Crippen LogP contribution in [0.25, 0.3) is 0 Å². The summed E-state index contributed by atoms with van der Waals surface area (Å²) >= 11 is 1.45. The number of aliphatic hydroxyl groups excluding tert-OH is 1. The molecule has 1 unspecified atom stereocenters. The molecular weight excluding hydrogens is 226 g/mol. The van der Waals surface area contributed by atoms with E-state index in [2.05, 4.69) is 41.6 Å². The van der Waals surface area contributed by atoms with Gasteiger partial charge in [-0.15, -0.1) is 5.10 Å². The van der Waals surface area contributed by atoms with E-state index in [1.54, 1.807) is 11.7 Å². The number of β-amino-alcohol motifs (C(OH)–C–C–N with tert-alkyl or cyclic N) is 1. The molecule has 0 spiro atoms. The predicted molar refractivity (Wildman–Crippen MR) is 63.3 cm³/mol. The van der Waals surface area contributed by atoms with Crippen LogP contribution in [0, 0.1) is 0 Å². The minimum atomic E-state index is -0.402. The average Bonchev–Trinajstić information content (AvgIpc) is 2.57. The van der Waals surface area contributed by atoms with Crippen molar-refractivity contribution in [3.8, 4) is 0 Å². The van der Waals surface area contributed by atoms with E-state index in [9.17, 15) is 5.11 Å². The molecule has 6 nitrogen and oxygen atoms in total. The third kappa shape index (κ3) is 4.91. The lowest BCUT2D eigenvalue weighted by atomic mass is 10.1. The number of rotatable bonds is 5. The fourth-order valence-electron chi connectivity index (χ4n) is 0.997. The van der Waals surface area contributed by atoms with Gasteiger partial charge in [0.25, 0.3) is 0 Å². The van der Waals surface area contributed by atoms with Gasteiger partial charge < -0.3 is 10.4 Å². The van der Waals surface area contributed by atoms with Crippen LogP contribution >= 0.6 is 11.8 Å².